The van der Waals surface area contributed by atoms with Gasteiger partial charge in [-0.15, -0.1) is 0 Å². The molecular weight excluding hydrogens is 424 g/mol. The van der Waals surface area contributed by atoms with E-state index in [-0.39, 0.29) is 60.5 Å². The van der Waals surface area contributed by atoms with Crippen molar-refractivity contribution in [2.45, 2.75) is 77.1 Å². The van der Waals surface area contributed by atoms with Crippen LogP contribution in [0.4, 0.5) is 0 Å². The summed E-state index contributed by atoms with van der Waals surface area (Å²) in [6.07, 6.45) is 7.93. The molecule has 33 heavy (non-hydrogen) atoms. The lowest BCUT2D eigenvalue weighted by molar-refractivity contribution is -0.187. The number of aliphatic hydroxyl groups excluding tert-OH is 1. The summed E-state index contributed by atoms with van der Waals surface area (Å²) < 4.78 is 17.3. The number of aliphatic hydroxyl groups is 1. The second kappa shape index (κ2) is 7.85. The molecule has 0 unspecified atom stereocenters. The first-order valence-electron chi connectivity index (χ1n) is 12.2. The SMILES string of the molecule is CCCC(=O)OCC(=O)[C@@]12OCO[C@@H]1C[C@H]1[C@@H]3CCC4=CC(=O)C=C[C@]4(C)[C@H]3[C@@H](O)C[C@@]12C. The number of carbonyl (C=O) groups excluding carboxylic acids is 3. The molecule has 1 saturated heterocycles. The van der Waals surface area contributed by atoms with Gasteiger partial charge in [-0.1, -0.05) is 32.4 Å². The highest BCUT2D eigenvalue weighted by atomic mass is 16.7. The lowest BCUT2D eigenvalue weighted by Gasteiger charge is -2.59. The lowest BCUT2D eigenvalue weighted by atomic mass is 9.46. The van der Waals surface area contributed by atoms with Gasteiger partial charge in [0, 0.05) is 23.2 Å². The molecule has 5 aliphatic rings. The first-order chi connectivity index (χ1) is 15.7. The summed E-state index contributed by atoms with van der Waals surface area (Å²) in [4.78, 5) is 37.5. The van der Waals surface area contributed by atoms with Gasteiger partial charge in [0.05, 0.1) is 12.2 Å². The maximum atomic E-state index is 13.6. The number of rotatable bonds is 5. The van der Waals surface area contributed by atoms with E-state index in [1.54, 1.807) is 12.2 Å². The van der Waals surface area contributed by atoms with Gasteiger partial charge in [0.2, 0.25) is 5.78 Å². The third-order valence-electron chi connectivity index (χ3n) is 9.44. The maximum Gasteiger partial charge on any atom is 0.306 e. The molecule has 0 aromatic heterocycles. The Hall–Kier alpha value is -1.83. The predicted molar refractivity (Wildman–Crippen MR) is 118 cm³/mol. The van der Waals surface area contributed by atoms with E-state index in [1.165, 1.54) is 0 Å². The number of ketones is 2. The fourth-order valence-corrected chi connectivity index (χ4v) is 8.06. The van der Waals surface area contributed by atoms with E-state index >= 15 is 0 Å². The van der Waals surface area contributed by atoms with Gasteiger partial charge in [-0.05, 0) is 56.1 Å². The van der Waals surface area contributed by atoms with Crippen LogP contribution in [0.25, 0.3) is 0 Å². The number of fused-ring (bicyclic) bond motifs is 7. The standard InChI is InChI=1S/C26H34O7/c1-4-5-22(30)31-13-20(29)26-21(32-14-33-26)11-18-17-7-6-15-10-16(27)8-9-24(15,2)23(17)19(28)12-25(18,26)3/h8-10,17-19,21,23,28H,4-7,11-14H2,1-3H3/t17-,18-,19-,21+,23+,24-,25-,26+/m0/s1. The Bertz CT molecular complexity index is 937. The van der Waals surface area contributed by atoms with Crippen molar-refractivity contribution in [3.05, 3.63) is 23.8 Å². The Morgan fingerprint density at radius 2 is 2.09 bits per heavy atom. The molecule has 0 amide bonds. The van der Waals surface area contributed by atoms with E-state index in [2.05, 4.69) is 6.92 Å². The molecule has 0 radical (unpaired) electrons. The molecule has 1 aliphatic heterocycles. The quantitative estimate of drug-likeness (QED) is 0.633. The second-order valence-electron chi connectivity index (χ2n) is 10.9. The Morgan fingerprint density at radius 1 is 1.30 bits per heavy atom. The van der Waals surface area contributed by atoms with Crippen LogP contribution in [0, 0.1) is 28.6 Å². The van der Waals surface area contributed by atoms with Crippen LogP contribution in [0.2, 0.25) is 0 Å². The summed E-state index contributed by atoms with van der Waals surface area (Å²) >= 11 is 0. The van der Waals surface area contributed by atoms with Gasteiger partial charge < -0.3 is 19.3 Å². The zero-order chi connectivity index (χ0) is 23.6. The maximum absolute atomic E-state index is 13.6. The van der Waals surface area contributed by atoms with Crippen molar-refractivity contribution in [3.8, 4) is 0 Å². The Labute approximate surface area is 194 Å². The molecule has 0 aromatic rings. The zero-order valence-electron chi connectivity index (χ0n) is 19.7. The summed E-state index contributed by atoms with van der Waals surface area (Å²) in [5.41, 5.74) is -1.12. The van der Waals surface area contributed by atoms with E-state index < -0.39 is 23.2 Å². The van der Waals surface area contributed by atoms with Crippen LogP contribution < -0.4 is 0 Å². The second-order valence-corrected chi connectivity index (χ2v) is 10.9. The minimum absolute atomic E-state index is 0.00966. The first kappa shape index (κ1) is 22.9. The summed E-state index contributed by atoms with van der Waals surface area (Å²) in [6.45, 7) is 5.76. The van der Waals surface area contributed by atoms with E-state index in [0.717, 1.165) is 18.4 Å². The van der Waals surface area contributed by atoms with Crippen LogP contribution in [0.1, 0.15) is 59.3 Å². The predicted octanol–water partition coefficient (Wildman–Crippen LogP) is 2.90. The molecule has 5 rings (SSSR count). The highest BCUT2D eigenvalue weighted by molar-refractivity contribution is 6.01. The average Bonchev–Trinajstić information content (AvgIpc) is 3.29. The molecule has 3 saturated carbocycles. The molecule has 0 spiro atoms. The van der Waals surface area contributed by atoms with Crippen molar-refractivity contribution >= 4 is 17.5 Å². The van der Waals surface area contributed by atoms with Gasteiger partial charge in [-0.2, -0.15) is 0 Å². The number of Topliss-reactive ketones (excluding diaryl/α,β-unsaturated/α-hetero) is 1. The molecule has 4 fully saturated rings. The Balaban J connectivity index is 1.47. The molecule has 8 atom stereocenters. The van der Waals surface area contributed by atoms with Crippen molar-refractivity contribution in [1.82, 2.24) is 0 Å². The van der Waals surface area contributed by atoms with Crippen LogP contribution in [-0.4, -0.2) is 53.9 Å². The fourth-order valence-electron chi connectivity index (χ4n) is 8.06. The zero-order valence-corrected chi connectivity index (χ0v) is 19.7. The summed E-state index contributed by atoms with van der Waals surface area (Å²) in [5, 5.41) is 11.6. The molecule has 7 nitrogen and oxygen atoms in total. The number of hydrogen-bond acceptors (Lipinski definition) is 7. The van der Waals surface area contributed by atoms with Gasteiger partial charge >= 0.3 is 5.97 Å². The number of esters is 1. The molecule has 0 bridgehead atoms. The summed E-state index contributed by atoms with van der Waals surface area (Å²) in [5.74, 6) is -0.390. The van der Waals surface area contributed by atoms with Crippen molar-refractivity contribution in [1.29, 1.82) is 0 Å². The van der Waals surface area contributed by atoms with Crippen molar-refractivity contribution in [3.63, 3.8) is 0 Å². The van der Waals surface area contributed by atoms with Gasteiger partial charge in [0.15, 0.2) is 18.0 Å². The molecule has 180 valence electrons. The third kappa shape index (κ3) is 3.08. The van der Waals surface area contributed by atoms with Crippen molar-refractivity contribution < 1.29 is 33.7 Å². The number of ether oxygens (including phenoxy) is 3. The molecular formula is C26H34O7. The van der Waals surface area contributed by atoms with Crippen LogP contribution in [0.5, 0.6) is 0 Å². The van der Waals surface area contributed by atoms with E-state index in [1.807, 2.05) is 19.9 Å². The van der Waals surface area contributed by atoms with Crippen molar-refractivity contribution in [2.24, 2.45) is 28.6 Å². The molecule has 7 heteroatoms. The number of allylic oxidation sites excluding steroid dienone is 4. The van der Waals surface area contributed by atoms with Crippen LogP contribution in [0.3, 0.4) is 0 Å². The van der Waals surface area contributed by atoms with Gasteiger partial charge in [-0.3, -0.25) is 14.4 Å². The van der Waals surface area contributed by atoms with Crippen LogP contribution in [-0.2, 0) is 28.6 Å². The summed E-state index contributed by atoms with van der Waals surface area (Å²) in [6, 6.07) is 0. The van der Waals surface area contributed by atoms with Gasteiger partial charge in [0.25, 0.3) is 0 Å². The van der Waals surface area contributed by atoms with Crippen molar-refractivity contribution in [2.75, 3.05) is 13.4 Å². The normalized spacial score (nSPS) is 45.5. The topological polar surface area (TPSA) is 99.1 Å². The number of carbonyl (C=O) groups is 3. The number of hydrogen-bond donors (Lipinski definition) is 1. The van der Waals surface area contributed by atoms with Gasteiger partial charge in [0.1, 0.15) is 6.79 Å². The third-order valence-corrected chi connectivity index (χ3v) is 9.44. The van der Waals surface area contributed by atoms with Crippen LogP contribution >= 0.6 is 0 Å². The highest BCUT2D eigenvalue weighted by Crippen LogP contribution is 2.69. The smallest absolute Gasteiger partial charge is 0.306 e. The lowest BCUT2D eigenvalue weighted by Crippen LogP contribution is -2.63. The van der Waals surface area contributed by atoms with Crippen LogP contribution in [0.15, 0.2) is 23.8 Å². The largest absolute Gasteiger partial charge is 0.458 e. The average molecular weight is 459 g/mol. The Kier molecular flexibility index (Phi) is 5.46. The Morgan fingerprint density at radius 3 is 2.85 bits per heavy atom. The van der Waals surface area contributed by atoms with Gasteiger partial charge in [-0.25, -0.2) is 0 Å². The molecule has 1 heterocycles. The minimum Gasteiger partial charge on any atom is -0.458 e. The first-order valence-corrected chi connectivity index (χ1v) is 12.2. The van der Waals surface area contributed by atoms with E-state index in [0.29, 0.717) is 19.3 Å². The molecule has 0 aromatic carbocycles. The van der Waals surface area contributed by atoms with E-state index in [4.69, 9.17) is 14.2 Å². The highest BCUT2D eigenvalue weighted by Gasteiger charge is 2.74. The molecule has 1 N–H and O–H groups in total. The molecule has 4 aliphatic carbocycles. The van der Waals surface area contributed by atoms with E-state index in [9.17, 15) is 19.5 Å². The summed E-state index contributed by atoms with van der Waals surface area (Å²) in [7, 11) is 0. The minimum atomic E-state index is -1.22. The fraction of sp³-hybridized carbons (Fsp3) is 0.731. The monoisotopic (exact) mass is 458 g/mol.